The highest BCUT2D eigenvalue weighted by atomic mass is 32.2. The molecule has 3 fully saturated rings. The number of esters is 2. The lowest BCUT2D eigenvalue weighted by Crippen LogP contribution is -2.55. The van der Waals surface area contributed by atoms with Crippen LogP contribution in [0.1, 0.15) is 118 Å². The number of fused-ring (bicyclic) bond motifs is 1. The SMILES string of the molecule is CCCC1C(C2(C)CCC(O)CC2)C[C@H](O)[C@@]2(C)C1CCC2[C@H](C)CCC(=O)NCC(=O)OCOC(=O)CCC(CCSCCP(=O)(O)O)C(=O)O. The Morgan fingerprint density at radius 1 is 0.923 bits per heavy atom. The third-order valence-electron chi connectivity index (χ3n) is 12.8. The van der Waals surface area contributed by atoms with Crippen molar-refractivity contribution in [2.75, 3.05) is 31.0 Å². The summed E-state index contributed by atoms with van der Waals surface area (Å²) in [4.78, 5) is 66.2. The van der Waals surface area contributed by atoms with E-state index in [1.807, 2.05) is 0 Å². The molecule has 6 N–H and O–H groups in total. The minimum atomic E-state index is -4.10. The van der Waals surface area contributed by atoms with Gasteiger partial charge in [0.2, 0.25) is 12.7 Å². The molecule has 3 aliphatic carbocycles. The van der Waals surface area contributed by atoms with E-state index in [1.165, 1.54) is 11.8 Å². The number of amides is 1. The summed E-state index contributed by atoms with van der Waals surface area (Å²) >= 11 is 1.23. The first kappa shape index (κ1) is 44.7. The van der Waals surface area contributed by atoms with Crippen LogP contribution in [0.25, 0.3) is 0 Å². The zero-order valence-corrected chi connectivity index (χ0v) is 33.2. The summed E-state index contributed by atoms with van der Waals surface area (Å²) in [6.45, 7) is 8.02. The minimum Gasteiger partial charge on any atom is -0.481 e. The zero-order chi connectivity index (χ0) is 38.7. The third-order valence-corrected chi connectivity index (χ3v) is 14.9. The van der Waals surface area contributed by atoms with E-state index in [9.17, 15) is 39.1 Å². The maximum absolute atomic E-state index is 12.7. The third kappa shape index (κ3) is 12.7. The number of ether oxygens (including phenoxy) is 2. The molecule has 300 valence electrons. The number of thioether (sulfide) groups is 1. The van der Waals surface area contributed by atoms with Gasteiger partial charge in [-0.05, 0) is 110 Å². The van der Waals surface area contributed by atoms with Crippen molar-refractivity contribution in [2.45, 2.75) is 130 Å². The molecule has 0 heterocycles. The number of carbonyl (C=O) groups is 4. The Kier molecular flexibility index (Phi) is 17.4. The highest BCUT2D eigenvalue weighted by molar-refractivity contribution is 7.99. The maximum Gasteiger partial charge on any atom is 0.328 e. The molecule has 13 nitrogen and oxygen atoms in total. The summed E-state index contributed by atoms with van der Waals surface area (Å²) < 4.78 is 20.7. The van der Waals surface area contributed by atoms with Gasteiger partial charge in [0.05, 0.1) is 24.3 Å². The highest BCUT2D eigenvalue weighted by Crippen LogP contribution is 2.65. The van der Waals surface area contributed by atoms with Crippen molar-refractivity contribution >= 4 is 43.2 Å². The van der Waals surface area contributed by atoms with E-state index in [1.54, 1.807) is 0 Å². The lowest BCUT2D eigenvalue weighted by molar-refractivity contribution is -0.167. The molecule has 0 spiro atoms. The summed E-state index contributed by atoms with van der Waals surface area (Å²) in [6.07, 6.45) is 8.78. The Morgan fingerprint density at radius 2 is 1.60 bits per heavy atom. The molecule has 0 aliphatic heterocycles. The molecule has 15 heteroatoms. The van der Waals surface area contributed by atoms with E-state index in [-0.39, 0.29) is 78.8 Å². The van der Waals surface area contributed by atoms with Crippen LogP contribution in [-0.4, -0.2) is 92.1 Å². The molecular formula is C37H64NO12PS. The van der Waals surface area contributed by atoms with Gasteiger partial charge in [0.15, 0.2) is 0 Å². The van der Waals surface area contributed by atoms with Gasteiger partial charge in [-0.25, -0.2) is 0 Å². The summed E-state index contributed by atoms with van der Waals surface area (Å²) in [6, 6.07) is 0. The molecule has 5 unspecified atom stereocenters. The number of carboxylic acids is 1. The second-order valence-corrected chi connectivity index (χ2v) is 19.2. The van der Waals surface area contributed by atoms with Gasteiger partial charge in [0.25, 0.3) is 0 Å². The number of nitrogens with one attached hydrogen (secondary N) is 1. The standard InChI is InChI=1S/C37H64NO12PS/c1-5-6-27-29-10-9-28(37(29,4)31(40)21-30(27)36(3)16-13-26(39)14-17-36)24(2)7-11-32(41)38-22-34(43)50-23-49-33(42)12-8-25(35(44)45)15-19-52-20-18-51(46,47)48/h24-31,39-40H,5-23H2,1-4H3,(H,38,41)(H,44,45)(H2,46,47,48)/t24-,25?,26?,27?,28?,29?,30?,31+,36?,37-/m1/s1. The molecule has 0 saturated heterocycles. The van der Waals surface area contributed by atoms with Crippen molar-refractivity contribution in [2.24, 2.45) is 46.3 Å². The van der Waals surface area contributed by atoms with E-state index in [0.717, 1.165) is 57.8 Å². The van der Waals surface area contributed by atoms with Crippen LogP contribution in [0.3, 0.4) is 0 Å². The van der Waals surface area contributed by atoms with Gasteiger partial charge < -0.3 is 39.9 Å². The van der Waals surface area contributed by atoms with Crippen molar-refractivity contribution in [3.05, 3.63) is 0 Å². The minimum absolute atomic E-state index is 0.000319. The summed E-state index contributed by atoms with van der Waals surface area (Å²) in [5.74, 6) is -1.28. The molecule has 0 aromatic rings. The van der Waals surface area contributed by atoms with E-state index in [2.05, 4.69) is 33.0 Å². The number of aliphatic hydroxyl groups is 2. The fourth-order valence-electron chi connectivity index (χ4n) is 9.74. The molecule has 1 amide bonds. The Balaban J connectivity index is 1.37. The number of aliphatic carboxylic acids is 1. The van der Waals surface area contributed by atoms with Crippen LogP contribution in [0.4, 0.5) is 0 Å². The number of carboxylic acid groups (broad SMARTS) is 1. The number of hydrogen-bond donors (Lipinski definition) is 6. The molecule has 52 heavy (non-hydrogen) atoms. The van der Waals surface area contributed by atoms with Crippen LogP contribution in [0.5, 0.6) is 0 Å². The fraction of sp³-hybridized carbons (Fsp3) is 0.892. The van der Waals surface area contributed by atoms with Crippen LogP contribution in [0.15, 0.2) is 0 Å². The molecule has 0 aromatic carbocycles. The average Bonchev–Trinajstić information content (AvgIpc) is 3.44. The summed E-state index contributed by atoms with van der Waals surface area (Å²) in [5.41, 5.74) is -0.0828. The van der Waals surface area contributed by atoms with Gasteiger partial charge in [-0.1, -0.05) is 40.5 Å². The second-order valence-electron chi connectivity index (χ2n) is 16.2. The predicted molar refractivity (Wildman–Crippen MR) is 197 cm³/mol. The Morgan fingerprint density at radius 3 is 2.23 bits per heavy atom. The highest BCUT2D eigenvalue weighted by Gasteiger charge is 2.61. The topological polar surface area (TPSA) is 217 Å². The summed E-state index contributed by atoms with van der Waals surface area (Å²) in [5, 5.41) is 34.0. The number of aliphatic hydroxyl groups excluding tert-OH is 2. The van der Waals surface area contributed by atoms with Crippen LogP contribution in [0, 0.1) is 46.3 Å². The van der Waals surface area contributed by atoms with Crippen molar-refractivity contribution in [3.63, 3.8) is 0 Å². The number of hydrogen-bond acceptors (Lipinski definition) is 10. The van der Waals surface area contributed by atoms with Crippen LogP contribution in [0.2, 0.25) is 0 Å². The van der Waals surface area contributed by atoms with Crippen molar-refractivity contribution < 1.29 is 58.3 Å². The summed E-state index contributed by atoms with van der Waals surface area (Å²) in [7, 11) is -4.10. The smallest absolute Gasteiger partial charge is 0.328 e. The van der Waals surface area contributed by atoms with Gasteiger partial charge in [0.1, 0.15) is 6.54 Å². The average molecular weight is 778 g/mol. The van der Waals surface area contributed by atoms with Gasteiger partial charge in [-0.3, -0.25) is 23.7 Å². The van der Waals surface area contributed by atoms with E-state index < -0.39 is 44.3 Å². The van der Waals surface area contributed by atoms with E-state index >= 15 is 0 Å². The molecule has 0 aromatic heterocycles. The first-order valence-electron chi connectivity index (χ1n) is 19.2. The van der Waals surface area contributed by atoms with Crippen molar-refractivity contribution in [3.8, 4) is 0 Å². The van der Waals surface area contributed by atoms with Gasteiger partial charge in [-0.2, -0.15) is 11.8 Å². The monoisotopic (exact) mass is 777 g/mol. The molecule has 3 aliphatic rings. The number of carbonyl (C=O) groups excluding carboxylic acids is 3. The lowest BCUT2D eigenvalue weighted by Gasteiger charge is -2.58. The molecule has 3 rings (SSSR count). The Bertz CT molecular complexity index is 1240. The van der Waals surface area contributed by atoms with Crippen molar-refractivity contribution in [1.82, 2.24) is 5.32 Å². The van der Waals surface area contributed by atoms with Crippen LogP contribution < -0.4 is 5.32 Å². The molecule has 3 saturated carbocycles. The second kappa shape index (κ2) is 20.3. The first-order valence-corrected chi connectivity index (χ1v) is 22.2. The predicted octanol–water partition coefficient (Wildman–Crippen LogP) is 5.12. The number of rotatable bonds is 21. The fourth-order valence-corrected chi connectivity index (χ4v) is 11.9. The van der Waals surface area contributed by atoms with Gasteiger partial charge >= 0.3 is 25.5 Å². The Labute approximate surface area is 313 Å². The normalized spacial score (nSPS) is 31.6. The quantitative estimate of drug-likeness (QED) is 0.0387. The Hall–Kier alpha value is -1.70. The lowest BCUT2D eigenvalue weighted by atomic mass is 9.48. The van der Waals surface area contributed by atoms with Gasteiger partial charge in [-0.15, -0.1) is 0 Å². The van der Waals surface area contributed by atoms with E-state index in [0.29, 0.717) is 29.9 Å². The van der Waals surface area contributed by atoms with Crippen LogP contribution >= 0.6 is 19.4 Å². The molecule has 8 atom stereocenters. The van der Waals surface area contributed by atoms with E-state index in [4.69, 9.17) is 19.3 Å². The van der Waals surface area contributed by atoms with Crippen molar-refractivity contribution in [1.29, 1.82) is 0 Å². The molecule has 0 radical (unpaired) electrons. The van der Waals surface area contributed by atoms with Crippen LogP contribution in [-0.2, 0) is 33.2 Å². The first-order chi connectivity index (χ1) is 24.4. The maximum atomic E-state index is 12.7. The molecular weight excluding hydrogens is 713 g/mol. The largest absolute Gasteiger partial charge is 0.481 e. The van der Waals surface area contributed by atoms with Gasteiger partial charge in [0, 0.05) is 18.6 Å². The zero-order valence-electron chi connectivity index (χ0n) is 31.5. The molecule has 0 bridgehead atoms.